The van der Waals surface area contributed by atoms with Gasteiger partial charge in [-0.05, 0) is 30.7 Å². The average Bonchev–Trinajstić information content (AvgIpc) is 2.72. The first-order valence-electron chi connectivity index (χ1n) is 9.35. The summed E-state index contributed by atoms with van der Waals surface area (Å²) in [5, 5.41) is 0.0311. The second kappa shape index (κ2) is 8.12. The summed E-state index contributed by atoms with van der Waals surface area (Å²) in [6, 6.07) is 17.7. The number of hydrogen-bond donors (Lipinski definition) is 0. The van der Waals surface area contributed by atoms with E-state index in [1.54, 1.807) is 6.07 Å². The lowest BCUT2D eigenvalue weighted by molar-refractivity contribution is -0.152. The summed E-state index contributed by atoms with van der Waals surface area (Å²) < 4.78 is 52.2. The van der Waals surface area contributed by atoms with E-state index in [9.17, 15) is 18.0 Å². The maximum atomic E-state index is 13.8. The number of benzene rings is 3. The van der Waals surface area contributed by atoms with Crippen molar-refractivity contribution in [2.75, 3.05) is 0 Å². The Morgan fingerprint density at radius 2 is 1.77 bits per heavy atom. The third kappa shape index (κ3) is 4.30. The Morgan fingerprint density at radius 3 is 2.48 bits per heavy atom. The molecule has 0 amide bonds. The van der Waals surface area contributed by atoms with Gasteiger partial charge in [-0.2, -0.15) is 13.2 Å². The predicted octanol–water partition coefficient (Wildman–Crippen LogP) is 7.02. The molecule has 0 atom stereocenters. The maximum Gasteiger partial charge on any atom is 0.450 e. The van der Waals surface area contributed by atoms with Crippen LogP contribution in [-0.4, -0.2) is 0 Å². The van der Waals surface area contributed by atoms with Gasteiger partial charge in [-0.25, -0.2) is 0 Å². The van der Waals surface area contributed by atoms with Crippen LogP contribution in [0.15, 0.2) is 75.9 Å². The van der Waals surface area contributed by atoms with E-state index in [0.717, 1.165) is 11.1 Å². The van der Waals surface area contributed by atoms with Crippen molar-refractivity contribution in [3.63, 3.8) is 0 Å². The van der Waals surface area contributed by atoms with Gasteiger partial charge in [0.15, 0.2) is 0 Å². The van der Waals surface area contributed by atoms with Crippen LogP contribution in [0.1, 0.15) is 16.9 Å². The van der Waals surface area contributed by atoms with Crippen molar-refractivity contribution in [3.05, 3.63) is 98.9 Å². The van der Waals surface area contributed by atoms with E-state index < -0.39 is 22.9 Å². The summed E-state index contributed by atoms with van der Waals surface area (Å²) in [6.45, 7) is 2.17. The molecule has 0 unspecified atom stereocenters. The van der Waals surface area contributed by atoms with Crippen LogP contribution in [0.2, 0.25) is 5.02 Å². The molecule has 0 spiro atoms. The van der Waals surface area contributed by atoms with Crippen LogP contribution in [0.25, 0.3) is 22.1 Å². The summed E-state index contributed by atoms with van der Waals surface area (Å²) in [5.74, 6) is -1.11. The highest BCUT2D eigenvalue weighted by molar-refractivity contribution is 6.33. The number of fused-ring (bicyclic) bond motifs is 1. The van der Waals surface area contributed by atoms with Gasteiger partial charge in [0.05, 0.1) is 10.9 Å². The SMILES string of the molecule is Cc1cccc(COc2ccc3c(=O)c(-c4ccccc4Cl)c(C(F)(F)F)oc3c2)c1. The molecule has 1 heterocycles. The third-order valence-corrected chi connectivity index (χ3v) is 5.08. The highest BCUT2D eigenvalue weighted by Gasteiger charge is 2.39. The molecular weight excluding hydrogens is 429 g/mol. The molecule has 31 heavy (non-hydrogen) atoms. The van der Waals surface area contributed by atoms with Gasteiger partial charge in [0.1, 0.15) is 17.9 Å². The number of alkyl halides is 3. The molecule has 3 nitrogen and oxygen atoms in total. The Morgan fingerprint density at radius 1 is 1.00 bits per heavy atom. The lowest BCUT2D eigenvalue weighted by atomic mass is 10.0. The first-order chi connectivity index (χ1) is 14.7. The largest absolute Gasteiger partial charge is 0.489 e. The topological polar surface area (TPSA) is 39.4 Å². The standard InChI is InChI=1S/C24H16ClF3O3/c1-14-5-4-6-15(11-14)13-30-16-9-10-18-20(12-16)31-23(24(26,27)28)21(22(18)29)17-7-2-3-8-19(17)25/h2-12H,13H2,1H3. The quantitative estimate of drug-likeness (QED) is 0.339. The summed E-state index contributed by atoms with van der Waals surface area (Å²) in [6.07, 6.45) is -4.89. The molecule has 0 N–H and O–H groups in total. The van der Waals surface area contributed by atoms with Crippen molar-refractivity contribution in [3.8, 4) is 16.9 Å². The lowest BCUT2D eigenvalue weighted by Crippen LogP contribution is -2.16. The Labute approximate surface area is 180 Å². The van der Waals surface area contributed by atoms with E-state index in [1.807, 2.05) is 31.2 Å². The van der Waals surface area contributed by atoms with Crippen LogP contribution in [-0.2, 0) is 12.8 Å². The zero-order valence-corrected chi connectivity index (χ0v) is 17.1. The van der Waals surface area contributed by atoms with Crippen molar-refractivity contribution in [2.45, 2.75) is 19.7 Å². The smallest absolute Gasteiger partial charge is 0.450 e. The molecule has 0 radical (unpaired) electrons. The van der Waals surface area contributed by atoms with Gasteiger partial charge in [-0.15, -0.1) is 0 Å². The van der Waals surface area contributed by atoms with Crippen molar-refractivity contribution in [2.24, 2.45) is 0 Å². The third-order valence-electron chi connectivity index (χ3n) is 4.75. The van der Waals surface area contributed by atoms with Gasteiger partial charge in [-0.3, -0.25) is 4.79 Å². The number of ether oxygens (including phenoxy) is 1. The summed E-state index contributed by atoms with van der Waals surface area (Å²) in [4.78, 5) is 13.0. The van der Waals surface area contributed by atoms with Crippen LogP contribution < -0.4 is 10.2 Å². The van der Waals surface area contributed by atoms with Crippen LogP contribution in [0, 0.1) is 6.92 Å². The molecule has 4 rings (SSSR count). The predicted molar refractivity (Wildman–Crippen MR) is 113 cm³/mol. The fraction of sp³-hybridized carbons (Fsp3) is 0.125. The molecule has 0 aliphatic carbocycles. The molecule has 0 aliphatic rings. The lowest BCUT2D eigenvalue weighted by Gasteiger charge is -2.14. The fourth-order valence-corrected chi connectivity index (χ4v) is 3.57. The minimum Gasteiger partial charge on any atom is -0.489 e. The molecule has 0 saturated heterocycles. The van der Waals surface area contributed by atoms with Gasteiger partial charge in [0.2, 0.25) is 11.2 Å². The van der Waals surface area contributed by atoms with Crippen molar-refractivity contribution < 1.29 is 22.3 Å². The summed E-state index contributed by atoms with van der Waals surface area (Å²) in [7, 11) is 0. The number of rotatable bonds is 4. The maximum absolute atomic E-state index is 13.8. The Balaban J connectivity index is 1.81. The molecule has 0 fully saturated rings. The summed E-state index contributed by atoms with van der Waals surface area (Å²) >= 11 is 6.07. The van der Waals surface area contributed by atoms with Gasteiger partial charge in [0, 0.05) is 16.7 Å². The van der Waals surface area contributed by atoms with E-state index in [4.69, 9.17) is 20.8 Å². The first-order valence-corrected chi connectivity index (χ1v) is 9.73. The van der Waals surface area contributed by atoms with Crippen LogP contribution >= 0.6 is 11.6 Å². The normalized spacial score (nSPS) is 11.6. The number of halogens is 4. The minimum absolute atomic E-state index is 0.00539. The second-order valence-corrected chi connectivity index (χ2v) is 7.46. The second-order valence-electron chi connectivity index (χ2n) is 7.05. The molecule has 4 aromatic rings. The average molecular weight is 445 g/mol. The van der Waals surface area contributed by atoms with Crippen LogP contribution in [0.5, 0.6) is 5.75 Å². The van der Waals surface area contributed by atoms with Crippen LogP contribution in [0.3, 0.4) is 0 Å². The minimum atomic E-state index is -4.89. The molecule has 158 valence electrons. The van der Waals surface area contributed by atoms with Gasteiger partial charge < -0.3 is 9.15 Å². The van der Waals surface area contributed by atoms with Crippen LogP contribution in [0.4, 0.5) is 13.2 Å². The van der Waals surface area contributed by atoms with Gasteiger partial charge >= 0.3 is 6.18 Å². The number of aryl methyl sites for hydroxylation is 1. The molecule has 7 heteroatoms. The molecule has 3 aromatic carbocycles. The zero-order valence-electron chi connectivity index (χ0n) is 16.3. The zero-order chi connectivity index (χ0) is 22.2. The highest BCUT2D eigenvalue weighted by Crippen LogP contribution is 2.39. The van der Waals surface area contributed by atoms with Gasteiger partial charge in [-0.1, -0.05) is 59.6 Å². The Bertz CT molecular complexity index is 1330. The highest BCUT2D eigenvalue weighted by atomic mass is 35.5. The van der Waals surface area contributed by atoms with E-state index in [0.29, 0.717) is 0 Å². The molecule has 0 saturated carbocycles. The van der Waals surface area contributed by atoms with Crippen molar-refractivity contribution in [1.82, 2.24) is 0 Å². The number of hydrogen-bond acceptors (Lipinski definition) is 3. The van der Waals surface area contributed by atoms with E-state index in [1.165, 1.54) is 36.4 Å². The Hall–Kier alpha value is -3.25. The van der Waals surface area contributed by atoms with Gasteiger partial charge in [0.25, 0.3) is 0 Å². The Kier molecular flexibility index (Phi) is 5.50. The monoisotopic (exact) mass is 444 g/mol. The van der Waals surface area contributed by atoms with E-state index in [-0.39, 0.29) is 33.9 Å². The van der Waals surface area contributed by atoms with Crippen molar-refractivity contribution in [1.29, 1.82) is 0 Å². The molecule has 0 aliphatic heterocycles. The molecule has 0 bridgehead atoms. The molecule has 1 aromatic heterocycles. The van der Waals surface area contributed by atoms with E-state index >= 15 is 0 Å². The fourth-order valence-electron chi connectivity index (χ4n) is 3.34. The van der Waals surface area contributed by atoms with Crippen molar-refractivity contribution >= 4 is 22.6 Å². The molecular formula is C24H16ClF3O3. The van der Waals surface area contributed by atoms with E-state index in [2.05, 4.69) is 0 Å². The summed E-state index contributed by atoms with van der Waals surface area (Å²) in [5.41, 5.74) is 0.298. The first kappa shape index (κ1) is 21.0.